The maximum atomic E-state index is 12.5. The average Bonchev–Trinajstić information content (AvgIpc) is 3.11. The predicted molar refractivity (Wildman–Crippen MR) is 108 cm³/mol. The monoisotopic (exact) mass is 383 g/mol. The first-order valence-corrected chi connectivity index (χ1v) is 9.91. The fourth-order valence-corrected chi connectivity index (χ4v) is 3.56. The van der Waals surface area contributed by atoms with Crippen molar-refractivity contribution in [2.24, 2.45) is 0 Å². The van der Waals surface area contributed by atoms with Gasteiger partial charge < -0.3 is 20.0 Å². The van der Waals surface area contributed by atoms with Crippen LogP contribution >= 0.6 is 0 Å². The van der Waals surface area contributed by atoms with Crippen LogP contribution in [0.4, 0.5) is 4.79 Å². The van der Waals surface area contributed by atoms with E-state index in [0.29, 0.717) is 18.7 Å². The zero-order valence-corrected chi connectivity index (χ0v) is 16.8. The minimum Gasteiger partial charge on any atom is -0.465 e. The summed E-state index contributed by atoms with van der Waals surface area (Å²) in [7, 11) is 0. The quantitative estimate of drug-likeness (QED) is 0.824. The summed E-state index contributed by atoms with van der Waals surface area (Å²) in [4.78, 5) is 26.7. The van der Waals surface area contributed by atoms with Crippen LogP contribution in [0.5, 0.6) is 0 Å². The highest BCUT2D eigenvalue weighted by atomic mass is 16.3. The van der Waals surface area contributed by atoms with E-state index in [1.54, 1.807) is 0 Å². The van der Waals surface area contributed by atoms with Gasteiger partial charge in [0.25, 0.3) is 5.91 Å². The Morgan fingerprint density at radius 1 is 1.25 bits per heavy atom. The molecule has 1 atom stereocenters. The number of amides is 3. The van der Waals surface area contributed by atoms with E-state index >= 15 is 0 Å². The highest BCUT2D eigenvalue weighted by molar-refractivity contribution is 5.94. The number of rotatable bonds is 5. The summed E-state index contributed by atoms with van der Waals surface area (Å²) < 4.78 is 5.49. The molecule has 6 nitrogen and oxygen atoms in total. The number of furan rings is 1. The number of piperidine rings is 1. The molecule has 1 aliphatic heterocycles. The normalized spacial score (nSPS) is 16.9. The second kappa shape index (κ2) is 8.95. The van der Waals surface area contributed by atoms with Gasteiger partial charge in [0.1, 0.15) is 11.5 Å². The molecule has 0 bridgehead atoms. The molecule has 0 radical (unpaired) electrons. The molecule has 1 fully saturated rings. The van der Waals surface area contributed by atoms with Gasteiger partial charge in [-0.1, -0.05) is 12.1 Å². The lowest BCUT2D eigenvalue weighted by Crippen LogP contribution is -2.47. The van der Waals surface area contributed by atoms with Gasteiger partial charge in [0.15, 0.2) is 0 Å². The van der Waals surface area contributed by atoms with Crippen molar-refractivity contribution in [3.05, 3.63) is 59.0 Å². The maximum absolute atomic E-state index is 12.5. The first kappa shape index (κ1) is 20.0. The van der Waals surface area contributed by atoms with Gasteiger partial charge in [0.05, 0.1) is 6.54 Å². The molecular formula is C22H29N3O3. The van der Waals surface area contributed by atoms with Gasteiger partial charge in [-0.3, -0.25) is 4.79 Å². The zero-order chi connectivity index (χ0) is 20.1. The summed E-state index contributed by atoms with van der Waals surface area (Å²) in [6.07, 6.45) is 1.98. The smallest absolute Gasteiger partial charge is 0.317 e. The van der Waals surface area contributed by atoms with Gasteiger partial charge >= 0.3 is 6.03 Å². The lowest BCUT2D eigenvalue weighted by molar-refractivity contribution is 0.0947. The molecule has 28 heavy (non-hydrogen) atoms. The van der Waals surface area contributed by atoms with E-state index in [1.807, 2.05) is 62.1 Å². The number of carbonyl (C=O) groups is 2. The first-order valence-electron chi connectivity index (χ1n) is 9.91. The third-order valence-electron chi connectivity index (χ3n) is 4.96. The average molecular weight is 383 g/mol. The van der Waals surface area contributed by atoms with E-state index in [0.717, 1.165) is 36.5 Å². The SMILES string of the molecule is Cc1ccc(CNC(=O)c2cccc([C@@H]3CCCN(C(=O)NC(C)C)C3)c2)o1. The van der Waals surface area contributed by atoms with Crippen LogP contribution in [0, 0.1) is 6.92 Å². The molecule has 6 heteroatoms. The van der Waals surface area contributed by atoms with Crippen molar-refractivity contribution in [3.63, 3.8) is 0 Å². The van der Waals surface area contributed by atoms with Crippen molar-refractivity contribution >= 4 is 11.9 Å². The second-order valence-corrected chi connectivity index (χ2v) is 7.71. The molecular weight excluding hydrogens is 354 g/mol. The highest BCUT2D eigenvalue weighted by Crippen LogP contribution is 2.27. The van der Waals surface area contributed by atoms with Gasteiger partial charge in [0, 0.05) is 30.6 Å². The Bertz CT molecular complexity index is 828. The Balaban J connectivity index is 1.63. The van der Waals surface area contributed by atoms with Gasteiger partial charge in [-0.15, -0.1) is 0 Å². The third kappa shape index (κ3) is 5.15. The van der Waals surface area contributed by atoms with Gasteiger partial charge in [0.2, 0.25) is 0 Å². The van der Waals surface area contributed by atoms with E-state index in [1.165, 1.54) is 0 Å². The Morgan fingerprint density at radius 3 is 2.79 bits per heavy atom. The van der Waals surface area contributed by atoms with Crippen LogP contribution in [-0.4, -0.2) is 36.0 Å². The van der Waals surface area contributed by atoms with Gasteiger partial charge in [-0.05, 0) is 63.4 Å². The van der Waals surface area contributed by atoms with Crippen molar-refractivity contribution in [1.29, 1.82) is 0 Å². The molecule has 1 aliphatic rings. The molecule has 1 aromatic heterocycles. The summed E-state index contributed by atoms with van der Waals surface area (Å²) >= 11 is 0. The lowest BCUT2D eigenvalue weighted by Gasteiger charge is -2.33. The Kier molecular flexibility index (Phi) is 6.39. The molecule has 150 valence electrons. The molecule has 3 amide bonds. The Labute approximate surface area is 166 Å². The summed E-state index contributed by atoms with van der Waals surface area (Å²) in [5, 5.41) is 5.86. The van der Waals surface area contributed by atoms with Crippen LogP contribution in [0.1, 0.15) is 60.0 Å². The van der Waals surface area contributed by atoms with Crippen LogP contribution in [0.25, 0.3) is 0 Å². The standard InChI is InChI=1S/C22H29N3O3/c1-15(2)24-22(27)25-11-5-8-19(14-25)17-6-4-7-18(12-17)21(26)23-13-20-10-9-16(3)28-20/h4,6-7,9-10,12,15,19H,5,8,11,13-14H2,1-3H3,(H,23,26)(H,24,27)/t19-/m1/s1. The molecule has 2 N–H and O–H groups in total. The third-order valence-corrected chi connectivity index (χ3v) is 4.96. The fraction of sp³-hybridized carbons (Fsp3) is 0.455. The number of nitrogens with zero attached hydrogens (tertiary/aromatic N) is 1. The van der Waals surface area contributed by atoms with Gasteiger partial charge in [-0.2, -0.15) is 0 Å². The molecule has 2 heterocycles. The number of hydrogen-bond acceptors (Lipinski definition) is 3. The number of nitrogens with one attached hydrogen (secondary N) is 2. The molecule has 0 spiro atoms. The summed E-state index contributed by atoms with van der Waals surface area (Å²) in [6.45, 7) is 7.62. The number of benzene rings is 1. The summed E-state index contributed by atoms with van der Waals surface area (Å²) in [5.74, 6) is 1.68. The molecule has 3 rings (SSSR count). The molecule has 1 saturated heterocycles. The molecule has 2 aromatic rings. The molecule has 0 aliphatic carbocycles. The molecule has 0 saturated carbocycles. The van der Waals surface area contributed by atoms with E-state index in [2.05, 4.69) is 10.6 Å². The topological polar surface area (TPSA) is 74.6 Å². The minimum absolute atomic E-state index is 0.0117. The van der Waals surface area contributed by atoms with Crippen LogP contribution in [0.2, 0.25) is 0 Å². The maximum Gasteiger partial charge on any atom is 0.317 e. The number of hydrogen-bond donors (Lipinski definition) is 2. The number of carbonyl (C=O) groups excluding carboxylic acids is 2. The summed E-state index contributed by atoms with van der Waals surface area (Å²) in [6, 6.07) is 11.6. The molecule has 1 aromatic carbocycles. The minimum atomic E-state index is -0.124. The van der Waals surface area contributed by atoms with Crippen molar-refractivity contribution in [2.45, 2.75) is 52.1 Å². The van der Waals surface area contributed by atoms with Crippen molar-refractivity contribution in [1.82, 2.24) is 15.5 Å². The van der Waals surface area contributed by atoms with Crippen LogP contribution in [0.3, 0.4) is 0 Å². The zero-order valence-electron chi connectivity index (χ0n) is 16.8. The largest absolute Gasteiger partial charge is 0.465 e. The van der Waals surface area contributed by atoms with Gasteiger partial charge in [-0.25, -0.2) is 4.79 Å². The number of likely N-dealkylation sites (tertiary alicyclic amines) is 1. The van der Waals surface area contributed by atoms with E-state index in [9.17, 15) is 9.59 Å². The van der Waals surface area contributed by atoms with Crippen molar-refractivity contribution < 1.29 is 14.0 Å². The Morgan fingerprint density at radius 2 is 2.07 bits per heavy atom. The van der Waals surface area contributed by atoms with Crippen molar-refractivity contribution in [2.75, 3.05) is 13.1 Å². The van der Waals surface area contributed by atoms with Crippen molar-refractivity contribution in [3.8, 4) is 0 Å². The lowest BCUT2D eigenvalue weighted by atomic mass is 9.89. The number of aryl methyl sites for hydroxylation is 1. The van der Waals surface area contributed by atoms with Crippen LogP contribution in [-0.2, 0) is 6.54 Å². The summed E-state index contributed by atoms with van der Waals surface area (Å²) in [5.41, 5.74) is 1.73. The highest BCUT2D eigenvalue weighted by Gasteiger charge is 2.25. The van der Waals surface area contributed by atoms with Crippen LogP contribution in [0.15, 0.2) is 40.8 Å². The second-order valence-electron chi connectivity index (χ2n) is 7.71. The van der Waals surface area contributed by atoms with E-state index in [4.69, 9.17) is 4.42 Å². The van der Waals surface area contributed by atoms with Crippen LogP contribution < -0.4 is 10.6 Å². The molecule has 0 unspecified atom stereocenters. The predicted octanol–water partition coefficient (Wildman–Crippen LogP) is 3.82. The van der Waals surface area contributed by atoms with E-state index in [-0.39, 0.29) is 23.9 Å². The first-order chi connectivity index (χ1) is 13.4. The van der Waals surface area contributed by atoms with E-state index < -0.39 is 0 Å². The Hall–Kier alpha value is -2.76. The fourth-order valence-electron chi connectivity index (χ4n) is 3.56. The number of urea groups is 1.